The van der Waals surface area contributed by atoms with Crippen molar-refractivity contribution in [1.29, 1.82) is 0 Å². The number of nitrogens with two attached hydrogens (primary N) is 1. The first kappa shape index (κ1) is 24.5. The molecule has 9 nitrogen and oxygen atoms in total. The Labute approximate surface area is 218 Å². The summed E-state index contributed by atoms with van der Waals surface area (Å²) in [6.07, 6.45) is 3.56. The van der Waals surface area contributed by atoms with Gasteiger partial charge in [0.15, 0.2) is 0 Å². The van der Waals surface area contributed by atoms with Gasteiger partial charge in [0, 0.05) is 34.8 Å². The fourth-order valence-corrected chi connectivity index (χ4v) is 4.82. The Bertz CT molecular complexity index is 1510. The normalized spacial score (nSPS) is 12.9. The molecule has 1 amide bonds. The fraction of sp³-hybridized carbons (Fsp3) is 0.222. The lowest BCUT2D eigenvalue weighted by molar-refractivity contribution is 0.0785. The molecule has 2 aromatic carbocycles. The number of benzene rings is 2. The van der Waals surface area contributed by atoms with E-state index in [-0.39, 0.29) is 11.8 Å². The van der Waals surface area contributed by atoms with E-state index in [1.165, 1.54) is 17.6 Å². The van der Waals surface area contributed by atoms with Crippen LogP contribution in [0.25, 0.3) is 22.9 Å². The number of aromatic nitrogens is 4. The second-order valence-corrected chi connectivity index (χ2v) is 10.1. The van der Waals surface area contributed by atoms with Crippen LogP contribution in [0, 0.1) is 6.92 Å². The maximum absolute atomic E-state index is 13.4. The van der Waals surface area contributed by atoms with Gasteiger partial charge in [0.2, 0.25) is 17.7 Å². The molecule has 0 radical (unpaired) electrons. The van der Waals surface area contributed by atoms with Crippen LogP contribution in [0.3, 0.4) is 0 Å². The Morgan fingerprint density at radius 2 is 1.86 bits per heavy atom. The van der Waals surface area contributed by atoms with Crippen molar-refractivity contribution in [2.24, 2.45) is 5.73 Å². The number of carbonyl (C=O) groups excluding carboxylic acids is 1. The highest BCUT2D eigenvalue weighted by Crippen LogP contribution is 2.30. The Morgan fingerprint density at radius 1 is 1.11 bits per heavy atom. The highest BCUT2D eigenvalue weighted by atomic mass is 32.1. The minimum absolute atomic E-state index is 0.185. The number of oxazole rings is 1. The smallest absolute Gasteiger partial charge is 0.254 e. The van der Waals surface area contributed by atoms with Crippen LogP contribution >= 0.6 is 11.3 Å². The minimum Gasteiger partial charge on any atom is -0.445 e. The third kappa shape index (κ3) is 5.50. The van der Waals surface area contributed by atoms with Crippen molar-refractivity contribution in [1.82, 2.24) is 25.1 Å². The van der Waals surface area contributed by atoms with Crippen LogP contribution in [0.15, 0.2) is 75.2 Å². The maximum Gasteiger partial charge on any atom is 0.254 e. The molecule has 0 bridgehead atoms. The number of amides is 1. The first-order valence-corrected chi connectivity index (χ1v) is 12.5. The highest BCUT2D eigenvalue weighted by Gasteiger charge is 2.29. The molecule has 0 unspecified atom stereocenters. The molecule has 0 saturated heterocycles. The molecule has 37 heavy (non-hydrogen) atoms. The van der Waals surface area contributed by atoms with E-state index < -0.39 is 5.54 Å². The molecular formula is C27H26N6O3S. The molecule has 3 heterocycles. The van der Waals surface area contributed by atoms with Crippen LogP contribution in [-0.2, 0) is 18.5 Å². The van der Waals surface area contributed by atoms with Gasteiger partial charge < -0.3 is 19.5 Å². The third-order valence-corrected chi connectivity index (χ3v) is 6.77. The number of hydrogen-bond acceptors (Lipinski definition) is 9. The lowest BCUT2D eigenvalue weighted by Gasteiger charge is -2.20. The zero-order chi connectivity index (χ0) is 26.0. The Hall–Kier alpha value is -4.15. The molecular weight excluding hydrogens is 488 g/mol. The van der Waals surface area contributed by atoms with Crippen molar-refractivity contribution < 1.29 is 13.6 Å². The van der Waals surface area contributed by atoms with E-state index in [9.17, 15) is 4.79 Å². The highest BCUT2D eigenvalue weighted by molar-refractivity contribution is 7.09. The molecule has 0 fully saturated rings. The quantitative estimate of drug-likeness (QED) is 0.312. The van der Waals surface area contributed by atoms with Gasteiger partial charge in [-0.05, 0) is 44.0 Å². The summed E-state index contributed by atoms with van der Waals surface area (Å²) < 4.78 is 11.5. The van der Waals surface area contributed by atoms with Crippen LogP contribution < -0.4 is 5.73 Å². The van der Waals surface area contributed by atoms with Crippen molar-refractivity contribution in [2.45, 2.75) is 32.4 Å². The second-order valence-electron chi connectivity index (χ2n) is 9.17. The fourth-order valence-electron chi connectivity index (χ4n) is 4.00. The van der Waals surface area contributed by atoms with E-state index in [4.69, 9.17) is 14.6 Å². The molecule has 5 rings (SSSR count). The molecule has 0 spiro atoms. The topological polar surface area (TPSA) is 124 Å². The predicted octanol–water partition coefficient (Wildman–Crippen LogP) is 4.85. The van der Waals surface area contributed by atoms with Crippen LogP contribution in [0.2, 0.25) is 0 Å². The summed E-state index contributed by atoms with van der Waals surface area (Å²) in [4.78, 5) is 23.7. The summed E-state index contributed by atoms with van der Waals surface area (Å²) in [6, 6.07) is 15.1. The summed E-state index contributed by atoms with van der Waals surface area (Å²) in [6.45, 7) is 4.18. The van der Waals surface area contributed by atoms with E-state index in [1.807, 2.05) is 49.6 Å². The largest absolute Gasteiger partial charge is 0.445 e. The molecule has 0 aliphatic carbocycles. The Balaban J connectivity index is 1.47. The number of thiazole rings is 1. The molecule has 5 aromatic rings. The van der Waals surface area contributed by atoms with E-state index in [0.717, 1.165) is 16.3 Å². The van der Waals surface area contributed by atoms with Crippen LogP contribution in [0.5, 0.6) is 0 Å². The van der Waals surface area contributed by atoms with Gasteiger partial charge in [-0.2, -0.15) is 0 Å². The van der Waals surface area contributed by atoms with E-state index >= 15 is 0 Å². The van der Waals surface area contributed by atoms with Gasteiger partial charge in [-0.1, -0.05) is 30.3 Å². The van der Waals surface area contributed by atoms with Crippen LogP contribution in [-0.4, -0.2) is 38.0 Å². The maximum atomic E-state index is 13.4. The molecule has 3 aromatic heterocycles. The first-order valence-electron chi connectivity index (χ1n) is 11.7. The molecule has 0 aliphatic rings. The molecule has 10 heteroatoms. The van der Waals surface area contributed by atoms with Gasteiger partial charge in [0.25, 0.3) is 5.91 Å². The average molecular weight is 515 g/mol. The molecule has 0 aliphatic heterocycles. The molecule has 2 N–H and O–H groups in total. The van der Waals surface area contributed by atoms with Gasteiger partial charge in [-0.25, -0.2) is 9.97 Å². The predicted molar refractivity (Wildman–Crippen MR) is 140 cm³/mol. The summed E-state index contributed by atoms with van der Waals surface area (Å²) in [5, 5.41) is 11.3. The summed E-state index contributed by atoms with van der Waals surface area (Å²) in [5.41, 5.74) is 9.30. The van der Waals surface area contributed by atoms with Crippen LogP contribution in [0.1, 0.15) is 39.4 Å². The van der Waals surface area contributed by atoms with Crippen molar-refractivity contribution >= 4 is 17.2 Å². The number of rotatable bonds is 8. The van der Waals surface area contributed by atoms with Crippen molar-refractivity contribution in [3.63, 3.8) is 0 Å². The monoisotopic (exact) mass is 514 g/mol. The Kier molecular flexibility index (Phi) is 6.68. The SMILES string of the molecule is Cc1csc(CN(C)C(=O)c2cc(-c3ncco3)cc(-c3nnc([C@](C)(N)Cc4ccccc4)o3)c2)n1. The van der Waals surface area contributed by atoms with Crippen molar-refractivity contribution in [2.75, 3.05) is 7.05 Å². The lowest BCUT2D eigenvalue weighted by atomic mass is 9.94. The zero-order valence-electron chi connectivity index (χ0n) is 20.7. The molecule has 188 valence electrons. The first-order chi connectivity index (χ1) is 17.8. The van der Waals surface area contributed by atoms with Crippen LogP contribution in [0.4, 0.5) is 0 Å². The summed E-state index contributed by atoms with van der Waals surface area (Å²) >= 11 is 1.52. The summed E-state index contributed by atoms with van der Waals surface area (Å²) in [7, 11) is 1.74. The lowest BCUT2D eigenvalue weighted by Crippen LogP contribution is -2.35. The van der Waals surface area contributed by atoms with Crippen molar-refractivity contribution in [3.05, 3.63) is 94.1 Å². The van der Waals surface area contributed by atoms with E-state index in [1.54, 1.807) is 36.3 Å². The summed E-state index contributed by atoms with van der Waals surface area (Å²) in [5.74, 6) is 0.744. The number of aryl methyl sites for hydroxylation is 1. The van der Waals surface area contributed by atoms with Gasteiger partial charge in [0.05, 0.1) is 18.3 Å². The van der Waals surface area contributed by atoms with E-state index in [0.29, 0.717) is 41.4 Å². The Morgan fingerprint density at radius 3 is 2.54 bits per heavy atom. The van der Waals surface area contributed by atoms with E-state index in [2.05, 4.69) is 20.2 Å². The standard InChI is InChI=1S/C27H26N6O3S/c1-17-16-37-22(30-17)15-33(3)25(34)21-12-19(23-29-9-10-35-23)11-20(13-21)24-31-32-26(36-24)27(2,28)14-18-7-5-4-6-8-18/h4-13,16H,14-15,28H2,1-3H3/t27-/m1/s1. The van der Waals surface area contributed by atoms with Gasteiger partial charge in [-0.15, -0.1) is 21.5 Å². The second kappa shape index (κ2) is 10.1. The average Bonchev–Trinajstić information content (AvgIpc) is 3.66. The van der Waals surface area contributed by atoms with Gasteiger partial charge >= 0.3 is 0 Å². The minimum atomic E-state index is -0.877. The van der Waals surface area contributed by atoms with Crippen molar-refractivity contribution in [3.8, 4) is 22.9 Å². The number of nitrogens with zero attached hydrogens (tertiary/aromatic N) is 5. The number of hydrogen-bond donors (Lipinski definition) is 1. The third-order valence-electron chi connectivity index (χ3n) is 5.82. The molecule has 1 atom stereocenters. The van der Waals surface area contributed by atoms with Gasteiger partial charge in [0.1, 0.15) is 11.3 Å². The number of carbonyl (C=O) groups is 1. The van der Waals surface area contributed by atoms with Gasteiger partial charge in [-0.3, -0.25) is 4.79 Å². The molecule has 0 saturated carbocycles. The zero-order valence-corrected chi connectivity index (χ0v) is 21.5.